The van der Waals surface area contributed by atoms with Gasteiger partial charge in [-0.1, -0.05) is 24.6 Å². The highest BCUT2D eigenvalue weighted by Gasteiger charge is 2.11. The second-order valence-electron chi connectivity index (χ2n) is 5.27. The molecule has 18 heavy (non-hydrogen) atoms. The standard InChI is InChI=1S/C16H22N2/c1-6-14-8-12(4)7-13(5)16(14)15-9-17-18(10-15)11(2)3/h7-11H,6H2,1-5H3. The normalized spacial score (nSPS) is 11.2. The minimum atomic E-state index is 0.412. The van der Waals surface area contributed by atoms with Gasteiger partial charge < -0.3 is 0 Å². The molecule has 2 nitrogen and oxygen atoms in total. The molecule has 0 bridgehead atoms. The van der Waals surface area contributed by atoms with Crippen molar-refractivity contribution >= 4 is 0 Å². The van der Waals surface area contributed by atoms with E-state index in [1.807, 2.05) is 10.9 Å². The maximum absolute atomic E-state index is 4.45. The molecular formula is C16H22N2. The van der Waals surface area contributed by atoms with Crippen LogP contribution >= 0.6 is 0 Å². The molecule has 0 aliphatic rings. The van der Waals surface area contributed by atoms with Crippen molar-refractivity contribution in [2.24, 2.45) is 0 Å². The lowest BCUT2D eigenvalue weighted by atomic mass is 9.93. The molecule has 0 aliphatic carbocycles. The number of benzene rings is 1. The predicted octanol–water partition coefficient (Wildman–Crippen LogP) is 4.31. The minimum Gasteiger partial charge on any atom is -0.270 e. The molecule has 0 aliphatic heterocycles. The van der Waals surface area contributed by atoms with Gasteiger partial charge in [-0.15, -0.1) is 0 Å². The van der Waals surface area contributed by atoms with Crippen LogP contribution in [0.2, 0.25) is 0 Å². The number of aromatic nitrogens is 2. The first-order valence-electron chi connectivity index (χ1n) is 6.67. The highest BCUT2D eigenvalue weighted by Crippen LogP contribution is 2.29. The van der Waals surface area contributed by atoms with Gasteiger partial charge in [0.15, 0.2) is 0 Å². The molecule has 2 heteroatoms. The highest BCUT2D eigenvalue weighted by atomic mass is 15.3. The number of rotatable bonds is 3. The van der Waals surface area contributed by atoms with E-state index in [9.17, 15) is 0 Å². The number of nitrogens with zero attached hydrogens (tertiary/aromatic N) is 2. The number of hydrogen-bond donors (Lipinski definition) is 0. The molecule has 0 radical (unpaired) electrons. The molecule has 0 saturated carbocycles. The van der Waals surface area contributed by atoms with Crippen molar-refractivity contribution < 1.29 is 0 Å². The second-order valence-corrected chi connectivity index (χ2v) is 5.27. The molecule has 0 amide bonds. The molecule has 1 heterocycles. The van der Waals surface area contributed by atoms with Gasteiger partial charge >= 0.3 is 0 Å². The Bertz CT molecular complexity index is 550. The lowest BCUT2D eigenvalue weighted by molar-refractivity contribution is 0.532. The third-order valence-electron chi connectivity index (χ3n) is 3.36. The zero-order valence-electron chi connectivity index (χ0n) is 12.0. The van der Waals surface area contributed by atoms with E-state index in [2.05, 4.69) is 58.0 Å². The van der Waals surface area contributed by atoms with Crippen molar-refractivity contribution in [3.63, 3.8) is 0 Å². The van der Waals surface area contributed by atoms with Crippen LogP contribution in [0.15, 0.2) is 24.5 Å². The second kappa shape index (κ2) is 4.97. The number of hydrogen-bond acceptors (Lipinski definition) is 1. The van der Waals surface area contributed by atoms with Crippen LogP contribution in [0.3, 0.4) is 0 Å². The summed E-state index contributed by atoms with van der Waals surface area (Å²) in [6.45, 7) is 10.9. The average Bonchev–Trinajstić information content (AvgIpc) is 2.77. The van der Waals surface area contributed by atoms with Gasteiger partial charge in [0.05, 0.1) is 6.20 Å². The summed E-state index contributed by atoms with van der Waals surface area (Å²) in [5.41, 5.74) is 6.68. The summed E-state index contributed by atoms with van der Waals surface area (Å²) in [6.07, 6.45) is 5.20. The van der Waals surface area contributed by atoms with Crippen LogP contribution in [0, 0.1) is 13.8 Å². The maximum Gasteiger partial charge on any atom is 0.0568 e. The van der Waals surface area contributed by atoms with Gasteiger partial charge in [-0.3, -0.25) is 4.68 Å². The molecule has 0 spiro atoms. The molecule has 2 rings (SSSR count). The van der Waals surface area contributed by atoms with E-state index in [1.165, 1.54) is 27.8 Å². The summed E-state index contributed by atoms with van der Waals surface area (Å²) >= 11 is 0. The lowest BCUT2D eigenvalue weighted by Gasteiger charge is -2.11. The van der Waals surface area contributed by atoms with E-state index >= 15 is 0 Å². The quantitative estimate of drug-likeness (QED) is 0.784. The summed E-state index contributed by atoms with van der Waals surface area (Å²) in [7, 11) is 0. The molecule has 0 fully saturated rings. The van der Waals surface area contributed by atoms with Crippen LogP contribution in [0.5, 0.6) is 0 Å². The Morgan fingerprint density at radius 1 is 1.22 bits per heavy atom. The molecule has 0 unspecified atom stereocenters. The Hall–Kier alpha value is -1.57. The molecule has 96 valence electrons. The van der Waals surface area contributed by atoms with Crippen LogP contribution in [0.25, 0.3) is 11.1 Å². The Kier molecular flexibility index (Phi) is 3.55. The smallest absolute Gasteiger partial charge is 0.0568 e. The van der Waals surface area contributed by atoms with Gasteiger partial charge in [-0.25, -0.2) is 0 Å². The molecule has 1 aromatic heterocycles. The van der Waals surface area contributed by atoms with E-state index < -0.39 is 0 Å². The van der Waals surface area contributed by atoms with Crippen molar-refractivity contribution in [3.8, 4) is 11.1 Å². The Labute approximate surface area is 110 Å². The summed E-state index contributed by atoms with van der Waals surface area (Å²) < 4.78 is 2.02. The van der Waals surface area contributed by atoms with Crippen LogP contribution in [-0.4, -0.2) is 9.78 Å². The number of aryl methyl sites for hydroxylation is 3. The molecule has 0 saturated heterocycles. The van der Waals surface area contributed by atoms with E-state index in [0.717, 1.165) is 6.42 Å². The van der Waals surface area contributed by atoms with Gasteiger partial charge in [0.2, 0.25) is 0 Å². The van der Waals surface area contributed by atoms with E-state index in [-0.39, 0.29) is 0 Å². The summed E-state index contributed by atoms with van der Waals surface area (Å²) in [4.78, 5) is 0. The van der Waals surface area contributed by atoms with Crippen molar-refractivity contribution in [1.82, 2.24) is 9.78 Å². The van der Waals surface area contributed by atoms with Crippen LogP contribution in [0.4, 0.5) is 0 Å². The Morgan fingerprint density at radius 3 is 2.50 bits per heavy atom. The molecule has 0 atom stereocenters. The van der Waals surface area contributed by atoms with Crippen LogP contribution in [-0.2, 0) is 6.42 Å². The summed E-state index contributed by atoms with van der Waals surface area (Å²) in [5.74, 6) is 0. The van der Waals surface area contributed by atoms with Crippen molar-refractivity contribution in [2.75, 3.05) is 0 Å². The van der Waals surface area contributed by atoms with Crippen molar-refractivity contribution in [3.05, 3.63) is 41.2 Å². The average molecular weight is 242 g/mol. The zero-order chi connectivity index (χ0) is 13.3. The fourth-order valence-electron chi connectivity index (χ4n) is 2.50. The fraction of sp³-hybridized carbons (Fsp3) is 0.438. The third-order valence-corrected chi connectivity index (χ3v) is 3.36. The molecule has 2 aromatic rings. The molecule has 0 N–H and O–H groups in total. The summed E-state index contributed by atoms with van der Waals surface area (Å²) in [5, 5.41) is 4.45. The zero-order valence-corrected chi connectivity index (χ0v) is 12.0. The summed E-state index contributed by atoms with van der Waals surface area (Å²) in [6, 6.07) is 4.95. The van der Waals surface area contributed by atoms with Gasteiger partial charge in [-0.05, 0) is 50.8 Å². The minimum absolute atomic E-state index is 0.412. The Balaban J connectivity index is 2.55. The van der Waals surface area contributed by atoms with Crippen molar-refractivity contribution in [1.29, 1.82) is 0 Å². The van der Waals surface area contributed by atoms with Crippen molar-refractivity contribution in [2.45, 2.75) is 47.1 Å². The topological polar surface area (TPSA) is 17.8 Å². The van der Waals surface area contributed by atoms with Crippen LogP contribution in [0.1, 0.15) is 43.5 Å². The SMILES string of the molecule is CCc1cc(C)cc(C)c1-c1cnn(C(C)C)c1. The van der Waals surface area contributed by atoms with Gasteiger partial charge in [0.25, 0.3) is 0 Å². The van der Waals surface area contributed by atoms with Crippen LogP contribution < -0.4 is 0 Å². The van der Waals surface area contributed by atoms with E-state index in [4.69, 9.17) is 0 Å². The largest absolute Gasteiger partial charge is 0.270 e. The first-order valence-corrected chi connectivity index (χ1v) is 6.67. The third kappa shape index (κ3) is 2.33. The lowest BCUT2D eigenvalue weighted by Crippen LogP contribution is -2.00. The molecular weight excluding hydrogens is 220 g/mol. The van der Waals surface area contributed by atoms with E-state index in [1.54, 1.807) is 0 Å². The first-order chi connectivity index (χ1) is 8.52. The van der Waals surface area contributed by atoms with Gasteiger partial charge in [0, 0.05) is 17.8 Å². The predicted molar refractivity (Wildman–Crippen MR) is 76.9 cm³/mol. The van der Waals surface area contributed by atoms with Gasteiger partial charge in [0.1, 0.15) is 0 Å². The first kappa shape index (κ1) is 12.9. The highest BCUT2D eigenvalue weighted by molar-refractivity contribution is 5.70. The molecule has 1 aromatic carbocycles. The van der Waals surface area contributed by atoms with Gasteiger partial charge in [-0.2, -0.15) is 5.10 Å². The monoisotopic (exact) mass is 242 g/mol. The van der Waals surface area contributed by atoms with E-state index in [0.29, 0.717) is 6.04 Å². The fourth-order valence-corrected chi connectivity index (χ4v) is 2.50. The Morgan fingerprint density at radius 2 is 1.94 bits per heavy atom. The maximum atomic E-state index is 4.45.